The average Bonchev–Trinajstić information content (AvgIpc) is 2.89. The molecule has 0 spiro atoms. The lowest BCUT2D eigenvalue weighted by molar-refractivity contribution is -0.120. The summed E-state index contributed by atoms with van der Waals surface area (Å²) in [5, 5.41) is 9.51. The molecule has 0 amide bonds. The molecule has 90 valence electrons. The maximum atomic E-state index is 12.0. The molecule has 1 unspecified atom stereocenters. The van der Waals surface area contributed by atoms with E-state index in [0.29, 0.717) is 6.42 Å². The van der Waals surface area contributed by atoms with E-state index >= 15 is 0 Å². The number of nitriles is 1. The van der Waals surface area contributed by atoms with Gasteiger partial charge >= 0.3 is 0 Å². The highest BCUT2D eigenvalue weighted by Crippen LogP contribution is 2.30. The van der Waals surface area contributed by atoms with Gasteiger partial charge in [-0.2, -0.15) is 5.26 Å². The van der Waals surface area contributed by atoms with Gasteiger partial charge in [-0.3, -0.25) is 9.78 Å². The van der Waals surface area contributed by atoms with Crippen molar-refractivity contribution >= 4 is 17.1 Å². The summed E-state index contributed by atoms with van der Waals surface area (Å²) in [5.74, 6) is -0.135. The summed E-state index contributed by atoms with van der Waals surface area (Å²) in [6.45, 7) is 1.47. The number of thiazole rings is 1. The first-order valence-corrected chi connectivity index (χ1v) is 6.42. The number of hydrogen-bond donors (Lipinski definition) is 0. The highest BCUT2D eigenvalue weighted by atomic mass is 32.1. The summed E-state index contributed by atoms with van der Waals surface area (Å²) in [7, 11) is 0. The first-order chi connectivity index (χ1) is 8.69. The second kappa shape index (κ2) is 5.11. The zero-order valence-electron chi connectivity index (χ0n) is 9.96. The lowest BCUT2D eigenvalue weighted by atomic mass is 9.75. The summed E-state index contributed by atoms with van der Waals surface area (Å²) < 4.78 is 0. The van der Waals surface area contributed by atoms with Gasteiger partial charge in [0.1, 0.15) is 5.41 Å². The van der Waals surface area contributed by atoms with E-state index < -0.39 is 5.41 Å². The third-order valence-corrected chi connectivity index (χ3v) is 3.76. The quantitative estimate of drug-likeness (QED) is 0.845. The van der Waals surface area contributed by atoms with Crippen molar-refractivity contribution < 1.29 is 4.79 Å². The molecule has 1 atom stereocenters. The number of carbonyl (C=O) groups excluding carboxylic acids is 1. The molecule has 0 bridgehead atoms. The molecular weight excluding hydrogens is 244 g/mol. The Labute approximate surface area is 110 Å². The Morgan fingerprint density at radius 2 is 2.17 bits per heavy atom. The molecule has 4 heteroatoms. The minimum absolute atomic E-state index is 0.135. The van der Waals surface area contributed by atoms with Gasteiger partial charge in [0, 0.05) is 17.5 Å². The maximum absolute atomic E-state index is 12.0. The Kier molecular flexibility index (Phi) is 3.54. The van der Waals surface area contributed by atoms with Crippen LogP contribution in [0.3, 0.4) is 0 Å². The molecule has 1 heterocycles. The molecular formula is C14H12N2OS. The topological polar surface area (TPSA) is 53.8 Å². The summed E-state index contributed by atoms with van der Waals surface area (Å²) in [6.07, 6.45) is 2.09. The predicted octanol–water partition coefficient (Wildman–Crippen LogP) is 2.74. The van der Waals surface area contributed by atoms with Gasteiger partial charge in [-0.1, -0.05) is 30.3 Å². The van der Waals surface area contributed by atoms with Crippen LogP contribution in [0.5, 0.6) is 0 Å². The minimum Gasteiger partial charge on any atom is -0.298 e. The van der Waals surface area contributed by atoms with E-state index in [9.17, 15) is 10.1 Å². The lowest BCUT2D eigenvalue weighted by Gasteiger charge is -2.23. The van der Waals surface area contributed by atoms with Gasteiger partial charge in [-0.05, 0) is 12.5 Å². The van der Waals surface area contributed by atoms with Crippen molar-refractivity contribution in [2.75, 3.05) is 0 Å². The molecule has 0 saturated heterocycles. The molecule has 0 saturated carbocycles. The first-order valence-electron chi connectivity index (χ1n) is 5.54. The SMILES string of the molecule is CC(=O)C(C#N)(Cc1cncs1)c1ccccc1. The van der Waals surface area contributed by atoms with Gasteiger partial charge in [0.2, 0.25) is 0 Å². The number of Topliss-reactive ketones (excluding diaryl/α,β-unsaturated/α-hetero) is 1. The van der Waals surface area contributed by atoms with Crippen LogP contribution in [0.15, 0.2) is 42.0 Å². The zero-order chi connectivity index (χ0) is 13.0. The number of benzene rings is 1. The van der Waals surface area contributed by atoms with Crippen molar-refractivity contribution in [3.63, 3.8) is 0 Å². The Morgan fingerprint density at radius 1 is 1.44 bits per heavy atom. The summed E-state index contributed by atoms with van der Waals surface area (Å²) >= 11 is 1.46. The average molecular weight is 256 g/mol. The van der Waals surface area contributed by atoms with Crippen LogP contribution >= 0.6 is 11.3 Å². The number of rotatable bonds is 4. The Bertz CT molecular complexity index is 572. The Hall–Kier alpha value is -1.99. The van der Waals surface area contributed by atoms with Gasteiger partial charge in [0.25, 0.3) is 0 Å². The van der Waals surface area contributed by atoms with Crippen LogP contribution < -0.4 is 0 Å². The van der Waals surface area contributed by atoms with Crippen molar-refractivity contribution in [2.45, 2.75) is 18.8 Å². The van der Waals surface area contributed by atoms with Crippen molar-refractivity contribution in [2.24, 2.45) is 0 Å². The maximum Gasteiger partial charge on any atom is 0.154 e. The number of hydrogen-bond acceptors (Lipinski definition) is 4. The van der Waals surface area contributed by atoms with Crippen LogP contribution in [-0.4, -0.2) is 10.8 Å². The van der Waals surface area contributed by atoms with E-state index in [-0.39, 0.29) is 5.78 Å². The number of aromatic nitrogens is 1. The summed E-state index contributed by atoms with van der Waals surface area (Å²) in [4.78, 5) is 16.9. The fourth-order valence-corrected chi connectivity index (χ4v) is 2.60. The molecule has 0 aliphatic heterocycles. The molecule has 0 radical (unpaired) electrons. The van der Waals surface area contributed by atoms with Gasteiger partial charge in [-0.15, -0.1) is 11.3 Å². The van der Waals surface area contributed by atoms with Gasteiger partial charge in [-0.25, -0.2) is 0 Å². The molecule has 18 heavy (non-hydrogen) atoms. The second-order valence-electron chi connectivity index (χ2n) is 4.08. The summed E-state index contributed by atoms with van der Waals surface area (Å²) in [5.41, 5.74) is 1.35. The normalized spacial score (nSPS) is 13.6. The van der Waals surface area contributed by atoms with E-state index in [2.05, 4.69) is 11.1 Å². The highest BCUT2D eigenvalue weighted by molar-refractivity contribution is 7.09. The molecule has 2 aromatic rings. The van der Waals surface area contributed by atoms with Crippen molar-refractivity contribution in [1.82, 2.24) is 4.98 Å². The third-order valence-electron chi connectivity index (χ3n) is 2.98. The van der Waals surface area contributed by atoms with Crippen LogP contribution in [0, 0.1) is 11.3 Å². The molecule has 1 aromatic heterocycles. The van der Waals surface area contributed by atoms with Crippen LogP contribution in [0.4, 0.5) is 0 Å². The lowest BCUT2D eigenvalue weighted by Crippen LogP contribution is -2.34. The van der Waals surface area contributed by atoms with Crippen molar-refractivity contribution in [1.29, 1.82) is 5.26 Å². The fourth-order valence-electron chi connectivity index (χ4n) is 1.93. The van der Waals surface area contributed by atoms with Crippen molar-refractivity contribution in [3.05, 3.63) is 52.5 Å². The number of carbonyl (C=O) groups is 1. The van der Waals surface area contributed by atoms with E-state index in [1.165, 1.54) is 18.3 Å². The smallest absolute Gasteiger partial charge is 0.154 e. The van der Waals surface area contributed by atoms with Gasteiger partial charge in [0.05, 0.1) is 11.6 Å². The van der Waals surface area contributed by atoms with E-state index in [1.807, 2.05) is 30.3 Å². The monoisotopic (exact) mass is 256 g/mol. The molecule has 1 aromatic carbocycles. The predicted molar refractivity (Wildman–Crippen MR) is 70.2 cm³/mol. The molecule has 0 aliphatic rings. The number of ketones is 1. The summed E-state index contributed by atoms with van der Waals surface area (Å²) in [6, 6.07) is 11.4. The van der Waals surface area contributed by atoms with Crippen LogP contribution in [0.1, 0.15) is 17.4 Å². The largest absolute Gasteiger partial charge is 0.298 e. The van der Waals surface area contributed by atoms with E-state index in [1.54, 1.807) is 11.7 Å². The fraction of sp³-hybridized carbons (Fsp3) is 0.214. The molecule has 0 N–H and O–H groups in total. The third kappa shape index (κ3) is 2.18. The first kappa shape index (κ1) is 12.5. The van der Waals surface area contributed by atoms with Crippen molar-refractivity contribution in [3.8, 4) is 6.07 Å². The van der Waals surface area contributed by atoms with E-state index in [4.69, 9.17) is 0 Å². The number of nitrogens with zero attached hydrogens (tertiary/aromatic N) is 2. The molecule has 0 fully saturated rings. The molecule has 2 rings (SSSR count). The van der Waals surface area contributed by atoms with Gasteiger partial charge < -0.3 is 0 Å². The van der Waals surface area contributed by atoms with Gasteiger partial charge in [0.15, 0.2) is 5.78 Å². The van der Waals surface area contributed by atoms with Crippen LogP contribution in [-0.2, 0) is 16.6 Å². The van der Waals surface area contributed by atoms with Crippen LogP contribution in [0.2, 0.25) is 0 Å². The van der Waals surface area contributed by atoms with Crippen LogP contribution in [0.25, 0.3) is 0 Å². The second-order valence-corrected chi connectivity index (χ2v) is 5.05. The minimum atomic E-state index is -1.10. The molecule has 3 nitrogen and oxygen atoms in total. The molecule has 0 aliphatic carbocycles. The zero-order valence-corrected chi connectivity index (χ0v) is 10.8. The highest BCUT2D eigenvalue weighted by Gasteiger charge is 2.38. The Morgan fingerprint density at radius 3 is 2.67 bits per heavy atom. The van der Waals surface area contributed by atoms with E-state index in [0.717, 1.165) is 10.4 Å². The standard InChI is InChI=1S/C14H12N2OS/c1-11(17)14(9-15,7-13-8-16-10-18-13)12-5-3-2-4-6-12/h2-6,8,10H,7H2,1H3. The Balaban J connectivity index is 2.48.